The maximum absolute atomic E-state index is 11.6. The van der Waals surface area contributed by atoms with E-state index in [0.29, 0.717) is 12.5 Å². The van der Waals surface area contributed by atoms with E-state index in [1.807, 2.05) is 7.05 Å². The maximum Gasteiger partial charge on any atom is 0.234 e. The van der Waals surface area contributed by atoms with Gasteiger partial charge in [0.15, 0.2) is 0 Å². The van der Waals surface area contributed by atoms with Gasteiger partial charge >= 0.3 is 0 Å². The molecule has 2 N–H and O–H groups in total. The molecule has 0 spiro atoms. The monoisotopic (exact) mass is 227 g/mol. The molecule has 1 saturated heterocycles. The molecule has 16 heavy (non-hydrogen) atoms. The number of rotatable bonds is 6. The minimum Gasteiger partial charge on any atom is -0.355 e. The molecular weight excluding hydrogens is 202 g/mol. The van der Waals surface area contributed by atoms with Crippen LogP contribution in [0.1, 0.15) is 26.2 Å². The first-order chi connectivity index (χ1) is 7.76. The predicted molar refractivity (Wildman–Crippen MR) is 66.4 cm³/mol. The number of hydrogen-bond acceptors (Lipinski definition) is 3. The van der Waals surface area contributed by atoms with E-state index in [1.54, 1.807) is 0 Å². The van der Waals surface area contributed by atoms with Crippen LogP contribution in [-0.2, 0) is 4.79 Å². The van der Waals surface area contributed by atoms with E-state index in [2.05, 4.69) is 22.5 Å². The van der Waals surface area contributed by atoms with Crippen molar-refractivity contribution in [3.63, 3.8) is 0 Å². The van der Waals surface area contributed by atoms with E-state index in [-0.39, 0.29) is 5.91 Å². The molecule has 1 rings (SSSR count). The third-order valence-electron chi connectivity index (χ3n) is 3.04. The normalized spacial score (nSPS) is 22.0. The molecule has 1 fully saturated rings. The lowest BCUT2D eigenvalue weighted by molar-refractivity contribution is -0.122. The Morgan fingerprint density at radius 3 is 3.00 bits per heavy atom. The van der Waals surface area contributed by atoms with Crippen molar-refractivity contribution in [3.8, 4) is 0 Å². The van der Waals surface area contributed by atoms with E-state index in [4.69, 9.17) is 0 Å². The van der Waals surface area contributed by atoms with Crippen molar-refractivity contribution in [1.82, 2.24) is 15.5 Å². The first kappa shape index (κ1) is 13.5. The van der Waals surface area contributed by atoms with Gasteiger partial charge in [-0.25, -0.2) is 0 Å². The SMILES string of the molecule is CCCNC(=O)CN1CCCC(CNC)C1. The Balaban J connectivity index is 2.22. The zero-order chi connectivity index (χ0) is 11.8. The topological polar surface area (TPSA) is 44.4 Å². The second-order valence-corrected chi connectivity index (χ2v) is 4.65. The smallest absolute Gasteiger partial charge is 0.234 e. The van der Waals surface area contributed by atoms with Gasteiger partial charge in [0, 0.05) is 13.1 Å². The first-order valence-corrected chi connectivity index (χ1v) is 6.40. The molecule has 0 aromatic rings. The van der Waals surface area contributed by atoms with Crippen LogP contribution in [0.15, 0.2) is 0 Å². The average Bonchev–Trinajstić information content (AvgIpc) is 2.27. The summed E-state index contributed by atoms with van der Waals surface area (Å²) in [7, 11) is 1.99. The molecule has 1 heterocycles. The van der Waals surface area contributed by atoms with E-state index < -0.39 is 0 Å². The van der Waals surface area contributed by atoms with Crippen molar-refractivity contribution >= 4 is 5.91 Å². The zero-order valence-electron chi connectivity index (χ0n) is 10.6. The summed E-state index contributed by atoms with van der Waals surface area (Å²) >= 11 is 0. The molecular formula is C12H25N3O. The highest BCUT2D eigenvalue weighted by Gasteiger charge is 2.20. The van der Waals surface area contributed by atoms with E-state index in [9.17, 15) is 4.79 Å². The first-order valence-electron chi connectivity index (χ1n) is 6.40. The standard InChI is InChI=1S/C12H25N3O/c1-3-6-14-12(16)10-15-7-4-5-11(9-15)8-13-2/h11,13H,3-10H2,1-2H3,(H,14,16). The summed E-state index contributed by atoms with van der Waals surface area (Å²) in [5, 5.41) is 6.15. The lowest BCUT2D eigenvalue weighted by Gasteiger charge is -2.32. The van der Waals surface area contributed by atoms with Crippen molar-refractivity contribution in [2.75, 3.05) is 39.8 Å². The van der Waals surface area contributed by atoms with E-state index >= 15 is 0 Å². The quantitative estimate of drug-likeness (QED) is 0.692. The fourth-order valence-corrected chi connectivity index (χ4v) is 2.27. The van der Waals surface area contributed by atoms with Crippen LogP contribution < -0.4 is 10.6 Å². The third kappa shape index (κ3) is 4.94. The van der Waals surface area contributed by atoms with Crippen LogP contribution in [0.25, 0.3) is 0 Å². The highest BCUT2D eigenvalue weighted by molar-refractivity contribution is 5.77. The molecule has 4 nitrogen and oxygen atoms in total. The molecule has 0 radical (unpaired) electrons. The molecule has 1 amide bonds. The Labute approximate surface area is 98.8 Å². The van der Waals surface area contributed by atoms with E-state index in [1.165, 1.54) is 12.8 Å². The molecule has 0 bridgehead atoms. The Kier molecular flexibility index (Phi) is 6.42. The molecule has 1 atom stereocenters. The number of nitrogens with one attached hydrogen (secondary N) is 2. The summed E-state index contributed by atoms with van der Waals surface area (Å²) in [5.74, 6) is 0.879. The molecule has 1 aliphatic heterocycles. The van der Waals surface area contributed by atoms with Crippen LogP contribution in [-0.4, -0.2) is 50.6 Å². The Morgan fingerprint density at radius 2 is 2.31 bits per heavy atom. The minimum atomic E-state index is 0.173. The second-order valence-electron chi connectivity index (χ2n) is 4.65. The van der Waals surface area contributed by atoms with Gasteiger partial charge in [-0.2, -0.15) is 0 Å². The van der Waals surface area contributed by atoms with Gasteiger partial charge in [0.05, 0.1) is 6.54 Å². The summed E-state index contributed by atoms with van der Waals surface area (Å²) in [4.78, 5) is 13.8. The Hall–Kier alpha value is -0.610. The molecule has 1 aliphatic rings. The van der Waals surface area contributed by atoms with Crippen LogP contribution in [0.4, 0.5) is 0 Å². The summed E-state index contributed by atoms with van der Waals surface area (Å²) in [5.41, 5.74) is 0. The van der Waals surface area contributed by atoms with Crippen LogP contribution in [0.5, 0.6) is 0 Å². The Morgan fingerprint density at radius 1 is 1.50 bits per heavy atom. The number of carbonyl (C=O) groups is 1. The van der Waals surface area contributed by atoms with Gasteiger partial charge in [0.25, 0.3) is 0 Å². The van der Waals surface area contributed by atoms with Gasteiger partial charge in [-0.3, -0.25) is 9.69 Å². The van der Waals surface area contributed by atoms with Gasteiger partial charge < -0.3 is 10.6 Å². The highest BCUT2D eigenvalue weighted by atomic mass is 16.2. The number of piperidine rings is 1. The van der Waals surface area contributed by atoms with Crippen LogP contribution in [0.2, 0.25) is 0 Å². The van der Waals surface area contributed by atoms with Crippen LogP contribution >= 0.6 is 0 Å². The van der Waals surface area contributed by atoms with E-state index in [0.717, 1.165) is 32.6 Å². The van der Waals surface area contributed by atoms with Crippen molar-refractivity contribution in [2.24, 2.45) is 5.92 Å². The van der Waals surface area contributed by atoms with Crippen molar-refractivity contribution in [2.45, 2.75) is 26.2 Å². The number of hydrogen-bond donors (Lipinski definition) is 2. The maximum atomic E-state index is 11.6. The molecule has 4 heteroatoms. The molecule has 94 valence electrons. The number of carbonyl (C=O) groups excluding carboxylic acids is 1. The average molecular weight is 227 g/mol. The summed E-state index contributed by atoms with van der Waals surface area (Å²) in [6.45, 7) is 6.63. The van der Waals surface area contributed by atoms with Gasteiger partial charge in [0.1, 0.15) is 0 Å². The largest absolute Gasteiger partial charge is 0.355 e. The van der Waals surface area contributed by atoms with Crippen molar-refractivity contribution in [1.29, 1.82) is 0 Å². The molecule has 0 aliphatic carbocycles. The zero-order valence-corrected chi connectivity index (χ0v) is 10.6. The summed E-state index contributed by atoms with van der Waals surface area (Å²) < 4.78 is 0. The molecule has 0 aromatic carbocycles. The van der Waals surface area contributed by atoms with Gasteiger partial charge in [-0.15, -0.1) is 0 Å². The summed E-state index contributed by atoms with van der Waals surface area (Å²) in [6.07, 6.45) is 3.51. The third-order valence-corrected chi connectivity index (χ3v) is 3.04. The molecule has 1 unspecified atom stereocenters. The number of likely N-dealkylation sites (tertiary alicyclic amines) is 1. The van der Waals surface area contributed by atoms with Crippen LogP contribution in [0.3, 0.4) is 0 Å². The number of amides is 1. The van der Waals surface area contributed by atoms with Crippen molar-refractivity contribution < 1.29 is 4.79 Å². The van der Waals surface area contributed by atoms with Gasteiger partial charge in [-0.05, 0) is 45.3 Å². The fourth-order valence-electron chi connectivity index (χ4n) is 2.27. The molecule has 0 saturated carbocycles. The van der Waals surface area contributed by atoms with Crippen LogP contribution in [0, 0.1) is 5.92 Å². The fraction of sp³-hybridized carbons (Fsp3) is 0.917. The van der Waals surface area contributed by atoms with Crippen molar-refractivity contribution in [3.05, 3.63) is 0 Å². The van der Waals surface area contributed by atoms with Gasteiger partial charge in [0.2, 0.25) is 5.91 Å². The summed E-state index contributed by atoms with van der Waals surface area (Å²) in [6, 6.07) is 0. The Bertz CT molecular complexity index is 206. The number of nitrogens with zero attached hydrogens (tertiary/aromatic N) is 1. The predicted octanol–water partition coefficient (Wildman–Crippen LogP) is 0.444. The minimum absolute atomic E-state index is 0.173. The second kappa shape index (κ2) is 7.63. The highest BCUT2D eigenvalue weighted by Crippen LogP contribution is 2.14. The van der Waals surface area contributed by atoms with Gasteiger partial charge in [-0.1, -0.05) is 6.92 Å². The molecule has 0 aromatic heterocycles. The lowest BCUT2D eigenvalue weighted by Crippen LogP contribution is -2.44. The lowest BCUT2D eigenvalue weighted by atomic mass is 9.98.